The molecule has 3 aromatic carbocycles. The summed E-state index contributed by atoms with van der Waals surface area (Å²) in [6.07, 6.45) is 1.75. The normalized spacial score (nSPS) is 11.3. The van der Waals surface area contributed by atoms with Crippen LogP contribution in [0.2, 0.25) is 5.02 Å². The van der Waals surface area contributed by atoms with Crippen molar-refractivity contribution in [2.45, 2.75) is 0 Å². The average molecular weight is 443 g/mol. The van der Waals surface area contributed by atoms with Crippen LogP contribution in [0.15, 0.2) is 77.3 Å². The molecule has 0 aliphatic heterocycles. The van der Waals surface area contributed by atoms with Crippen LogP contribution in [0.1, 0.15) is 21.5 Å². The Morgan fingerprint density at radius 3 is 2.00 bits per heavy atom. The van der Waals surface area contributed by atoms with E-state index in [1.54, 1.807) is 54.6 Å². The number of nitro groups is 1. The van der Waals surface area contributed by atoms with Gasteiger partial charge in [0.2, 0.25) is 0 Å². The summed E-state index contributed by atoms with van der Waals surface area (Å²) in [5.74, 6) is -0.175. The minimum atomic E-state index is -0.469. The molecule has 0 spiro atoms. The van der Waals surface area contributed by atoms with Crippen LogP contribution in [0, 0.1) is 10.1 Å². The number of carbonyl (C=O) groups is 1. The third-order valence-electron chi connectivity index (χ3n) is 3.92. The van der Waals surface area contributed by atoms with Crippen molar-refractivity contribution in [3.8, 4) is 0 Å². The molecule has 0 saturated carbocycles. The van der Waals surface area contributed by atoms with Gasteiger partial charge in [-0.2, -0.15) is 0 Å². The molecule has 3 aromatic rings. The first-order valence-corrected chi connectivity index (χ1v) is 9.13. The minimum absolute atomic E-state index is 0.0271. The predicted octanol–water partition coefficient (Wildman–Crippen LogP) is 6.43. The highest BCUT2D eigenvalue weighted by Gasteiger charge is 2.16. The highest BCUT2D eigenvalue weighted by molar-refractivity contribution is 9.10. The maximum atomic E-state index is 13.1. The molecule has 0 aromatic heterocycles. The van der Waals surface area contributed by atoms with Crippen LogP contribution in [-0.2, 0) is 0 Å². The molecule has 0 aliphatic rings. The van der Waals surface area contributed by atoms with Crippen LogP contribution in [0.25, 0.3) is 11.6 Å². The van der Waals surface area contributed by atoms with E-state index in [9.17, 15) is 14.9 Å². The summed E-state index contributed by atoms with van der Waals surface area (Å²) in [4.78, 5) is 23.5. The second-order valence-corrected chi connectivity index (χ2v) is 7.10. The molecule has 0 fully saturated rings. The molecular formula is C21H13BrClNO3. The third-order valence-corrected chi connectivity index (χ3v) is 4.70. The zero-order valence-electron chi connectivity index (χ0n) is 13.9. The summed E-state index contributed by atoms with van der Waals surface area (Å²) in [7, 11) is 0. The lowest BCUT2D eigenvalue weighted by atomic mass is 9.94. The number of ketones is 1. The number of nitro benzene ring substituents is 1. The van der Waals surface area contributed by atoms with E-state index >= 15 is 0 Å². The Morgan fingerprint density at radius 1 is 0.889 bits per heavy atom. The van der Waals surface area contributed by atoms with Gasteiger partial charge < -0.3 is 0 Å². The van der Waals surface area contributed by atoms with E-state index < -0.39 is 4.92 Å². The SMILES string of the molecule is O=C(/C(=C/c1ccc(Cl)cc1)c1ccc([N+](=O)[O-])cc1)c1ccc(Br)cc1. The predicted molar refractivity (Wildman–Crippen MR) is 111 cm³/mol. The summed E-state index contributed by atoms with van der Waals surface area (Å²) in [5.41, 5.74) is 2.34. The molecular weight excluding hydrogens is 430 g/mol. The van der Waals surface area contributed by atoms with Crippen LogP contribution in [-0.4, -0.2) is 10.7 Å². The van der Waals surface area contributed by atoms with Crippen LogP contribution < -0.4 is 0 Å². The summed E-state index contributed by atoms with van der Waals surface area (Å²) in [6.45, 7) is 0. The molecule has 3 rings (SSSR count). The van der Waals surface area contributed by atoms with Crippen molar-refractivity contribution >= 4 is 50.7 Å². The number of benzene rings is 3. The number of hydrogen-bond acceptors (Lipinski definition) is 3. The number of halogens is 2. The van der Waals surface area contributed by atoms with Gasteiger partial charge in [0.05, 0.1) is 4.92 Å². The lowest BCUT2D eigenvalue weighted by Gasteiger charge is -2.08. The number of Topliss-reactive ketones (excluding diaryl/α,β-unsaturated/α-hetero) is 1. The quantitative estimate of drug-likeness (QED) is 0.150. The van der Waals surface area contributed by atoms with Gasteiger partial charge in [-0.1, -0.05) is 39.7 Å². The number of hydrogen-bond donors (Lipinski definition) is 0. The first-order valence-electron chi connectivity index (χ1n) is 7.96. The molecule has 0 aliphatic carbocycles. The zero-order valence-corrected chi connectivity index (χ0v) is 16.3. The fraction of sp³-hybridized carbons (Fsp3) is 0. The van der Waals surface area contributed by atoms with Gasteiger partial charge in [-0.05, 0) is 65.7 Å². The fourth-order valence-corrected chi connectivity index (χ4v) is 2.92. The molecule has 0 N–H and O–H groups in total. The van der Waals surface area contributed by atoms with Gasteiger partial charge in [0.1, 0.15) is 0 Å². The van der Waals surface area contributed by atoms with Crippen molar-refractivity contribution in [1.29, 1.82) is 0 Å². The molecule has 0 radical (unpaired) electrons. The largest absolute Gasteiger partial charge is 0.289 e. The second kappa shape index (κ2) is 8.29. The molecule has 0 atom stereocenters. The Bertz CT molecular complexity index is 1010. The van der Waals surface area contributed by atoms with E-state index in [0.29, 0.717) is 21.7 Å². The number of rotatable bonds is 5. The van der Waals surface area contributed by atoms with Gasteiger partial charge in [-0.15, -0.1) is 0 Å². The maximum Gasteiger partial charge on any atom is 0.269 e. The molecule has 0 amide bonds. The van der Waals surface area contributed by atoms with Gasteiger partial charge in [0, 0.05) is 32.8 Å². The van der Waals surface area contributed by atoms with Gasteiger partial charge >= 0.3 is 0 Å². The Labute approximate surface area is 169 Å². The van der Waals surface area contributed by atoms with Crippen LogP contribution >= 0.6 is 27.5 Å². The zero-order chi connectivity index (χ0) is 19.4. The Morgan fingerprint density at radius 2 is 1.44 bits per heavy atom. The molecule has 0 unspecified atom stereocenters. The molecule has 6 heteroatoms. The minimum Gasteiger partial charge on any atom is -0.289 e. The van der Waals surface area contributed by atoms with Gasteiger partial charge in [0.15, 0.2) is 5.78 Å². The summed E-state index contributed by atoms with van der Waals surface area (Å²) in [6, 6.07) is 20.1. The van der Waals surface area contributed by atoms with Crippen molar-refractivity contribution < 1.29 is 9.72 Å². The van der Waals surface area contributed by atoms with E-state index in [2.05, 4.69) is 15.9 Å². The van der Waals surface area contributed by atoms with Crippen molar-refractivity contribution in [2.75, 3.05) is 0 Å². The molecule has 134 valence electrons. The van der Waals surface area contributed by atoms with Crippen molar-refractivity contribution in [3.05, 3.63) is 109 Å². The van der Waals surface area contributed by atoms with E-state index in [-0.39, 0.29) is 11.5 Å². The summed E-state index contributed by atoms with van der Waals surface area (Å²) in [5, 5.41) is 11.5. The summed E-state index contributed by atoms with van der Waals surface area (Å²) >= 11 is 9.29. The highest BCUT2D eigenvalue weighted by atomic mass is 79.9. The van der Waals surface area contributed by atoms with E-state index in [1.807, 2.05) is 12.1 Å². The second-order valence-electron chi connectivity index (χ2n) is 5.75. The Hall–Kier alpha value is -2.76. The van der Waals surface area contributed by atoms with Crippen molar-refractivity contribution in [2.24, 2.45) is 0 Å². The van der Waals surface area contributed by atoms with E-state index in [0.717, 1.165) is 10.0 Å². The summed E-state index contributed by atoms with van der Waals surface area (Å²) < 4.78 is 0.873. The van der Waals surface area contributed by atoms with Crippen LogP contribution in [0.3, 0.4) is 0 Å². The Balaban J connectivity index is 2.07. The van der Waals surface area contributed by atoms with Crippen molar-refractivity contribution in [1.82, 2.24) is 0 Å². The number of non-ortho nitro benzene ring substituents is 1. The molecule has 4 nitrogen and oxygen atoms in total. The number of carbonyl (C=O) groups excluding carboxylic acids is 1. The molecule has 0 saturated heterocycles. The lowest BCUT2D eigenvalue weighted by Crippen LogP contribution is -2.03. The average Bonchev–Trinajstić information content (AvgIpc) is 2.68. The topological polar surface area (TPSA) is 60.2 Å². The fourth-order valence-electron chi connectivity index (χ4n) is 2.53. The van der Waals surface area contributed by atoms with E-state index in [4.69, 9.17) is 11.6 Å². The van der Waals surface area contributed by atoms with Gasteiger partial charge in [-0.3, -0.25) is 14.9 Å². The molecule has 27 heavy (non-hydrogen) atoms. The van der Waals surface area contributed by atoms with E-state index in [1.165, 1.54) is 12.1 Å². The van der Waals surface area contributed by atoms with Crippen LogP contribution in [0.5, 0.6) is 0 Å². The Kier molecular flexibility index (Phi) is 5.84. The standard InChI is InChI=1S/C21H13BrClNO3/c22-17-7-3-16(4-8-17)21(25)20(13-14-1-9-18(23)10-2-14)15-5-11-19(12-6-15)24(26)27/h1-13H/b20-13+. The lowest BCUT2D eigenvalue weighted by molar-refractivity contribution is -0.384. The first-order chi connectivity index (χ1) is 12.9. The van der Waals surface area contributed by atoms with Crippen molar-refractivity contribution in [3.63, 3.8) is 0 Å². The van der Waals surface area contributed by atoms with Gasteiger partial charge in [-0.25, -0.2) is 0 Å². The first kappa shape index (κ1) is 19.0. The molecule has 0 bridgehead atoms. The number of nitrogens with zero attached hydrogens (tertiary/aromatic N) is 1. The maximum absolute atomic E-state index is 13.1. The highest BCUT2D eigenvalue weighted by Crippen LogP contribution is 2.26. The van der Waals surface area contributed by atoms with Gasteiger partial charge in [0.25, 0.3) is 5.69 Å². The monoisotopic (exact) mass is 441 g/mol. The number of allylic oxidation sites excluding steroid dienone is 1. The smallest absolute Gasteiger partial charge is 0.269 e. The van der Waals surface area contributed by atoms with Crippen LogP contribution in [0.4, 0.5) is 5.69 Å². The molecule has 0 heterocycles. The third kappa shape index (κ3) is 4.70.